The van der Waals surface area contributed by atoms with Crippen LogP contribution in [0.4, 0.5) is 5.82 Å². The number of fused-ring (bicyclic) bond motifs is 1. The molecule has 0 fully saturated rings. The number of carbonyl (C=O) groups is 1. The minimum atomic E-state index is -0.288. The van der Waals surface area contributed by atoms with Gasteiger partial charge in [0.25, 0.3) is 5.91 Å². The molecule has 0 saturated carbocycles. The third kappa shape index (κ3) is 4.35. The van der Waals surface area contributed by atoms with Gasteiger partial charge in [0.15, 0.2) is 5.82 Å². The number of nitrogens with zero attached hydrogens (tertiary/aromatic N) is 1. The number of benzene rings is 3. The molecule has 4 aromatic rings. The molecule has 0 radical (unpaired) electrons. The van der Waals surface area contributed by atoms with Crippen LogP contribution >= 0.6 is 23.2 Å². The molecule has 152 valence electrons. The summed E-state index contributed by atoms with van der Waals surface area (Å²) in [5.74, 6) is 1.36. The lowest BCUT2D eigenvalue weighted by Gasteiger charge is -2.08. The lowest BCUT2D eigenvalue weighted by Crippen LogP contribution is -2.12. The number of H-pyrrole nitrogens is 1. The van der Waals surface area contributed by atoms with E-state index in [2.05, 4.69) is 15.5 Å². The Balaban J connectivity index is 1.52. The zero-order valence-electron chi connectivity index (χ0n) is 15.9. The van der Waals surface area contributed by atoms with E-state index in [1.807, 2.05) is 24.3 Å². The van der Waals surface area contributed by atoms with Crippen molar-refractivity contribution in [1.29, 1.82) is 0 Å². The van der Waals surface area contributed by atoms with Gasteiger partial charge in [-0.05, 0) is 54.1 Å². The highest BCUT2D eigenvalue weighted by atomic mass is 35.5. The molecular weight excluding hydrogens is 425 g/mol. The fraction of sp³-hybridized carbons (Fsp3) is 0.0909. The van der Waals surface area contributed by atoms with Crippen LogP contribution in [0.3, 0.4) is 0 Å². The molecule has 0 unspecified atom stereocenters. The van der Waals surface area contributed by atoms with Crippen LogP contribution < -0.4 is 14.8 Å². The quantitative estimate of drug-likeness (QED) is 0.401. The molecule has 1 heterocycles. The highest BCUT2D eigenvalue weighted by Gasteiger charge is 2.13. The first-order valence-electron chi connectivity index (χ1n) is 9.04. The Labute approximate surface area is 182 Å². The van der Waals surface area contributed by atoms with Crippen molar-refractivity contribution in [3.8, 4) is 11.5 Å². The molecular formula is C22H17Cl2N3O3. The average molecular weight is 442 g/mol. The van der Waals surface area contributed by atoms with Crippen LogP contribution in [0.1, 0.15) is 15.9 Å². The molecule has 1 aromatic heterocycles. The van der Waals surface area contributed by atoms with Gasteiger partial charge in [0.1, 0.15) is 18.1 Å². The van der Waals surface area contributed by atoms with Crippen LogP contribution in [0.5, 0.6) is 11.5 Å². The summed E-state index contributed by atoms with van der Waals surface area (Å²) >= 11 is 12.0. The molecule has 0 aliphatic rings. The standard InChI is InChI=1S/C22H17Cl2N3O3/c1-29-15-4-2-3-14(10-15)22(28)25-21-17-11-16(6-8-20(17)26-27-21)30-12-13-5-7-18(23)19(24)9-13/h2-11H,12H2,1H3,(H2,25,26,27,28). The SMILES string of the molecule is COc1cccc(C(=O)Nc2n[nH]c3ccc(OCc4ccc(Cl)c(Cl)c4)cc23)c1. The number of halogens is 2. The second-order valence-corrected chi connectivity index (χ2v) is 7.32. The number of anilines is 1. The van der Waals surface area contributed by atoms with E-state index in [4.69, 9.17) is 32.7 Å². The van der Waals surface area contributed by atoms with Gasteiger partial charge in [-0.25, -0.2) is 0 Å². The molecule has 4 rings (SSSR count). The van der Waals surface area contributed by atoms with Crippen molar-refractivity contribution in [3.05, 3.63) is 81.8 Å². The van der Waals surface area contributed by atoms with Gasteiger partial charge < -0.3 is 14.8 Å². The molecule has 0 saturated heterocycles. The molecule has 0 aliphatic heterocycles. The van der Waals surface area contributed by atoms with Crippen molar-refractivity contribution in [2.75, 3.05) is 12.4 Å². The molecule has 2 N–H and O–H groups in total. The fourth-order valence-corrected chi connectivity index (χ4v) is 3.24. The Morgan fingerprint density at radius 2 is 1.90 bits per heavy atom. The number of ether oxygens (including phenoxy) is 2. The summed E-state index contributed by atoms with van der Waals surface area (Å²) in [5.41, 5.74) is 2.14. The number of hydrogen-bond acceptors (Lipinski definition) is 4. The zero-order valence-corrected chi connectivity index (χ0v) is 17.4. The summed E-state index contributed by atoms with van der Waals surface area (Å²) in [6.45, 7) is 0.325. The van der Waals surface area contributed by atoms with Gasteiger partial charge in [0, 0.05) is 10.9 Å². The molecule has 8 heteroatoms. The van der Waals surface area contributed by atoms with Crippen molar-refractivity contribution < 1.29 is 14.3 Å². The van der Waals surface area contributed by atoms with Crippen LogP contribution in [0.25, 0.3) is 10.9 Å². The van der Waals surface area contributed by atoms with Crippen molar-refractivity contribution in [2.24, 2.45) is 0 Å². The van der Waals surface area contributed by atoms with Gasteiger partial charge in [0.05, 0.1) is 22.7 Å². The van der Waals surface area contributed by atoms with Gasteiger partial charge in [-0.1, -0.05) is 35.3 Å². The topological polar surface area (TPSA) is 76.2 Å². The first-order chi connectivity index (χ1) is 14.5. The Hall–Kier alpha value is -3.22. The minimum absolute atomic E-state index is 0.288. The number of rotatable bonds is 6. The van der Waals surface area contributed by atoms with Crippen LogP contribution in [0.15, 0.2) is 60.7 Å². The van der Waals surface area contributed by atoms with Crippen molar-refractivity contribution in [1.82, 2.24) is 10.2 Å². The second kappa shape index (κ2) is 8.65. The highest BCUT2D eigenvalue weighted by Crippen LogP contribution is 2.27. The van der Waals surface area contributed by atoms with Gasteiger partial charge in [0.2, 0.25) is 0 Å². The van der Waals surface area contributed by atoms with E-state index in [0.717, 1.165) is 16.5 Å². The van der Waals surface area contributed by atoms with Gasteiger partial charge in [-0.2, -0.15) is 5.10 Å². The van der Waals surface area contributed by atoms with Crippen molar-refractivity contribution in [3.63, 3.8) is 0 Å². The smallest absolute Gasteiger partial charge is 0.257 e. The first-order valence-corrected chi connectivity index (χ1v) is 9.79. The maximum Gasteiger partial charge on any atom is 0.257 e. The molecule has 0 aliphatic carbocycles. The monoisotopic (exact) mass is 441 g/mol. The molecule has 0 bridgehead atoms. The Bertz CT molecular complexity index is 1220. The van der Waals surface area contributed by atoms with Gasteiger partial charge >= 0.3 is 0 Å². The zero-order chi connectivity index (χ0) is 21.1. The highest BCUT2D eigenvalue weighted by molar-refractivity contribution is 6.42. The number of amides is 1. The third-order valence-electron chi connectivity index (χ3n) is 4.49. The first kappa shape index (κ1) is 20.1. The van der Waals surface area contributed by atoms with E-state index in [1.165, 1.54) is 0 Å². The Kier molecular flexibility index (Phi) is 5.79. The number of nitrogens with one attached hydrogen (secondary N) is 2. The summed E-state index contributed by atoms with van der Waals surface area (Å²) in [7, 11) is 1.55. The summed E-state index contributed by atoms with van der Waals surface area (Å²) in [6.07, 6.45) is 0. The summed E-state index contributed by atoms with van der Waals surface area (Å²) in [4.78, 5) is 12.6. The molecule has 3 aromatic carbocycles. The fourth-order valence-electron chi connectivity index (χ4n) is 2.92. The summed E-state index contributed by atoms with van der Waals surface area (Å²) < 4.78 is 11.0. The van der Waals surface area contributed by atoms with Crippen LogP contribution in [-0.4, -0.2) is 23.2 Å². The number of aromatic amines is 1. The summed E-state index contributed by atoms with van der Waals surface area (Å²) in [5, 5.41) is 11.6. The van der Waals surface area contributed by atoms with Gasteiger partial charge in [-0.15, -0.1) is 0 Å². The van der Waals surface area contributed by atoms with Crippen LogP contribution in [0, 0.1) is 0 Å². The van der Waals surface area contributed by atoms with Crippen molar-refractivity contribution >= 4 is 45.8 Å². The predicted molar refractivity (Wildman–Crippen MR) is 118 cm³/mol. The van der Waals surface area contributed by atoms with E-state index in [-0.39, 0.29) is 5.91 Å². The normalized spacial score (nSPS) is 10.8. The van der Waals surface area contributed by atoms with Crippen LogP contribution in [-0.2, 0) is 6.61 Å². The van der Waals surface area contributed by atoms with E-state index in [0.29, 0.717) is 39.5 Å². The third-order valence-corrected chi connectivity index (χ3v) is 5.23. The molecule has 0 atom stereocenters. The number of methoxy groups -OCH3 is 1. The average Bonchev–Trinajstić information content (AvgIpc) is 3.16. The van der Waals surface area contributed by atoms with Gasteiger partial charge in [-0.3, -0.25) is 9.89 Å². The predicted octanol–water partition coefficient (Wildman–Crippen LogP) is 5.71. The van der Waals surface area contributed by atoms with E-state index in [1.54, 1.807) is 43.5 Å². The van der Waals surface area contributed by atoms with Crippen LogP contribution in [0.2, 0.25) is 10.0 Å². The second-order valence-electron chi connectivity index (χ2n) is 6.50. The molecule has 1 amide bonds. The lowest BCUT2D eigenvalue weighted by atomic mass is 10.2. The lowest BCUT2D eigenvalue weighted by molar-refractivity contribution is 0.102. The Morgan fingerprint density at radius 1 is 1.03 bits per heavy atom. The largest absolute Gasteiger partial charge is 0.497 e. The molecule has 0 spiro atoms. The maximum atomic E-state index is 12.6. The van der Waals surface area contributed by atoms with E-state index in [9.17, 15) is 4.79 Å². The maximum absolute atomic E-state index is 12.6. The van der Waals surface area contributed by atoms with Crippen molar-refractivity contribution in [2.45, 2.75) is 6.61 Å². The number of carbonyl (C=O) groups excluding carboxylic acids is 1. The molecule has 30 heavy (non-hydrogen) atoms. The minimum Gasteiger partial charge on any atom is -0.497 e. The van der Waals surface area contributed by atoms with E-state index < -0.39 is 0 Å². The summed E-state index contributed by atoms with van der Waals surface area (Å²) in [6, 6.07) is 17.7. The van der Waals surface area contributed by atoms with E-state index >= 15 is 0 Å². The molecule has 6 nitrogen and oxygen atoms in total. The number of aromatic nitrogens is 2. The Morgan fingerprint density at radius 3 is 2.70 bits per heavy atom. The number of hydrogen-bond donors (Lipinski definition) is 2.